The first-order valence-electron chi connectivity index (χ1n) is 10.3. The highest BCUT2D eigenvalue weighted by Gasteiger charge is 2.26. The Bertz CT molecular complexity index is 1040. The molecule has 9 heteroatoms. The van der Waals surface area contributed by atoms with Crippen molar-refractivity contribution in [1.82, 2.24) is 10.2 Å². The van der Waals surface area contributed by atoms with E-state index in [1.807, 2.05) is 25.1 Å². The van der Waals surface area contributed by atoms with Gasteiger partial charge in [0.1, 0.15) is 6.04 Å². The van der Waals surface area contributed by atoms with Gasteiger partial charge in [-0.15, -0.1) is 0 Å². The zero-order chi connectivity index (χ0) is 23.9. The molecule has 0 saturated heterocycles. The second kappa shape index (κ2) is 11.3. The van der Waals surface area contributed by atoms with Crippen LogP contribution in [0.1, 0.15) is 30.9 Å². The van der Waals surface area contributed by atoms with Crippen LogP contribution in [-0.2, 0) is 26.2 Å². The lowest BCUT2D eigenvalue weighted by Gasteiger charge is -2.29. The summed E-state index contributed by atoms with van der Waals surface area (Å²) in [6.07, 6.45) is 1.57. The molecule has 174 valence electrons. The maximum atomic E-state index is 13.1. The Balaban J connectivity index is 2.13. The van der Waals surface area contributed by atoms with Crippen LogP contribution in [0.25, 0.3) is 0 Å². The molecule has 2 aromatic rings. The minimum Gasteiger partial charge on any atom is -0.357 e. The highest BCUT2D eigenvalue weighted by atomic mass is 35.5. The maximum Gasteiger partial charge on any atom is 0.242 e. The fraction of sp³-hybridized carbons (Fsp3) is 0.391. The van der Waals surface area contributed by atoms with Gasteiger partial charge in [-0.3, -0.25) is 13.9 Å². The summed E-state index contributed by atoms with van der Waals surface area (Å²) in [6, 6.07) is 13.6. The topological polar surface area (TPSA) is 86.8 Å². The Kier molecular flexibility index (Phi) is 9.09. The van der Waals surface area contributed by atoms with Gasteiger partial charge in [0.05, 0.1) is 11.9 Å². The molecule has 0 bridgehead atoms. The summed E-state index contributed by atoms with van der Waals surface area (Å²) in [6.45, 7) is 3.97. The van der Waals surface area contributed by atoms with Crippen molar-refractivity contribution < 1.29 is 18.0 Å². The minimum absolute atomic E-state index is 0.104. The molecule has 0 fully saturated rings. The molecule has 0 unspecified atom stereocenters. The van der Waals surface area contributed by atoms with Gasteiger partial charge in [0, 0.05) is 31.6 Å². The largest absolute Gasteiger partial charge is 0.357 e. The predicted octanol–water partition coefficient (Wildman–Crippen LogP) is 3.36. The zero-order valence-electron chi connectivity index (χ0n) is 18.8. The normalized spacial score (nSPS) is 12.2. The lowest BCUT2D eigenvalue weighted by atomic mass is 10.1. The van der Waals surface area contributed by atoms with Crippen LogP contribution in [0.4, 0.5) is 5.69 Å². The van der Waals surface area contributed by atoms with E-state index in [0.717, 1.165) is 17.4 Å². The van der Waals surface area contributed by atoms with E-state index in [2.05, 4.69) is 5.32 Å². The van der Waals surface area contributed by atoms with Crippen molar-refractivity contribution in [3.63, 3.8) is 0 Å². The highest BCUT2D eigenvalue weighted by molar-refractivity contribution is 7.92. The number of sulfonamides is 1. The minimum atomic E-state index is -3.51. The van der Waals surface area contributed by atoms with E-state index in [1.165, 1.54) is 16.3 Å². The molecule has 0 aliphatic rings. The monoisotopic (exact) mass is 479 g/mol. The van der Waals surface area contributed by atoms with Crippen molar-refractivity contribution in [3.8, 4) is 0 Å². The molecule has 0 aliphatic heterocycles. The van der Waals surface area contributed by atoms with Gasteiger partial charge < -0.3 is 10.2 Å². The number of benzene rings is 2. The number of likely N-dealkylation sites (N-methyl/N-ethyl adjacent to an activating group) is 1. The second-order valence-corrected chi connectivity index (χ2v) is 10.1. The van der Waals surface area contributed by atoms with E-state index in [-0.39, 0.29) is 31.3 Å². The number of anilines is 1. The summed E-state index contributed by atoms with van der Waals surface area (Å²) in [5, 5.41) is 3.16. The number of rotatable bonds is 10. The smallest absolute Gasteiger partial charge is 0.242 e. The van der Waals surface area contributed by atoms with Crippen LogP contribution in [0.2, 0.25) is 5.02 Å². The van der Waals surface area contributed by atoms with Gasteiger partial charge in [0.25, 0.3) is 0 Å². The Morgan fingerprint density at radius 3 is 2.34 bits per heavy atom. The zero-order valence-corrected chi connectivity index (χ0v) is 20.4. The van der Waals surface area contributed by atoms with Crippen LogP contribution < -0.4 is 9.62 Å². The molecule has 1 N–H and O–H groups in total. The van der Waals surface area contributed by atoms with Gasteiger partial charge in [-0.2, -0.15) is 0 Å². The molecule has 0 heterocycles. The van der Waals surface area contributed by atoms with Crippen molar-refractivity contribution in [2.75, 3.05) is 24.2 Å². The quantitative estimate of drug-likeness (QED) is 0.566. The SMILES string of the molecule is CNC(=O)[C@H](C)N(Cc1ccc(Cl)cc1)C(=O)CCCN(c1cccc(C)c1)S(C)(=O)=O. The summed E-state index contributed by atoms with van der Waals surface area (Å²) in [4.78, 5) is 26.8. The van der Waals surface area contributed by atoms with Crippen LogP contribution in [-0.4, -0.2) is 51.0 Å². The van der Waals surface area contributed by atoms with Crippen LogP contribution >= 0.6 is 11.6 Å². The standard InChI is InChI=1S/C23H30ClN3O4S/c1-17-7-5-8-21(15-17)27(32(4,30)31)14-6-9-22(28)26(18(2)23(29)25-3)16-19-10-12-20(24)13-11-19/h5,7-8,10-13,15,18H,6,9,14,16H2,1-4H3,(H,25,29)/t18-/m0/s1. The van der Waals surface area contributed by atoms with E-state index >= 15 is 0 Å². The van der Waals surface area contributed by atoms with Crippen molar-refractivity contribution in [2.24, 2.45) is 0 Å². The number of halogens is 1. The van der Waals surface area contributed by atoms with Gasteiger partial charge in [0.15, 0.2) is 0 Å². The second-order valence-electron chi connectivity index (χ2n) is 7.72. The van der Waals surface area contributed by atoms with Gasteiger partial charge in [0.2, 0.25) is 21.8 Å². The van der Waals surface area contributed by atoms with Crippen LogP contribution in [0, 0.1) is 6.92 Å². The molecule has 7 nitrogen and oxygen atoms in total. The van der Waals surface area contributed by atoms with Gasteiger partial charge in [-0.05, 0) is 55.7 Å². The number of hydrogen-bond donors (Lipinski definition) is 1. The molecule has 0 aromatic heterocycles. The molecule has 0 radical (unpaired) electrons. The molecule has 2 rings (SSSR count). The van der Waals surface area contributed by atoms with Gasteiger partial charge in [-0.1, -0.05) is 35.9 Å². The number of amides is 2. The average Bonchev–Trinajstić information content (AvgIpc) is 2.74. The molecule has 2 aromatic carbocycles. The Hall–Kier alpha value is -2.58. The van der Waals surface area contributed by atoms with Gasteiger partial charge >= 0.3 is 0 Å². The third kappa shape index (κ3) is 7.24. The van der Waals surface area contributed by atoms with Crippen LogP contribution in [0.3, 0.4) is 0 Å². The lowest BCUT2D eigenvalue weighted by molar-refractivity contribution is -0.140. The fourth-order valence-electron chi connectivity index (χ4n) is 3.37. The summed E-state index contributed by atoms with van der Waals surface area (Å²) < 4.78 is 26.0. The van der Waals surface area contributed by atoms with Crippen LogP contribution in [0.15, 0.2) is 48.5 Å². The summed E-state index contributed by atoms with van der Waals surface area (Å²) in [5.41, 5.74) is 2.36. The Morgan fingerprint density at radius 2 is 1.78 bits per heavy atom. The first-order valence-corrected chi connectivity index (χ1v) is 12.6. The lowest BCUT2D eigenvalue weighted by Crippen LogP contribution is -2.46. The first kappa shape index (κ1) is 25.7. The van der Waals surface area contributed by atoms with E-state index in [1.54, 1.807) is 37.3 Å². The predicted molar refractivity (Wildman–Crippen MR) is 128 cm³/mol. The fourth-order valence-corrected chi connectivity index (χ4v) is 4.45. The summed E-state index contributed by atoms with van der Waals surface area (Å²) in [5.74, 6) is -0.501. The van der Waals surface area contributed by atoms with Crippen molar-refractivity contribution >= 4 is 39.1 Å². The average molecular weight is 480 g/mol. The third-order valence-corrected chi connectivity index (χ3v) is 6.57. The highest BCUT2D eigenvalue weighted by Crippen LogP contribution is 2.20. The summed E-state index contributed by atoms with van der Waals surface area (Å²) >= 11 is 5.94. The van der Waals surface area contributed by atoms with Crippen molar-refractivity contribution in [2.45, 2.75) is 39.3 Å². The number of hydrogen-bond acceptors (Lipinski definition) is 4. The molecule has 32 heavy (non-hydrogen) atoms. The van der Waals surface area contributed by atoms with E-state index < -0.39 is 16.1 Å². The maximum absolute atomic E-state index is 13.1. The molecular weight excluding hydrogens is 450 g/mol. The number of nitrogens with zero attached hydrogens (tertiary/aromatic N) is 2. The molecular formula is C23H30ClN3O4S. The number of aryl methyl sites for hydroxylation is 1. The van der Waals surface area contributed by atoms with Crippen molar-refractivity contribution in [1.29, 1.82) is 0 Å². The first-order chi connectivity index (χ1) is 15.0. The molecule has 0 spiro atoms. The van der Waals surface area contributed by atoms with E-state index in [4.69, 9.17) is 11.6 Å². The number of nitrogens with one attached hydrogen (secondary N) is 1. The number of carbonyl (C=O) groups excluding carboxylic acids is 2. The third-order valence-electron chi connectivity index (χ3n) is 5.12. The van der Waals surface area contributed by atoms with Gasteiger partial charge in [-0.25, -0.2) is 8.42 Å². The molecule has 1 atom stereocenters. The molecule has 2 amide bonds. The van der Waals surface area contributed by atoms with E-state index in [0.29, 0.717) is 17.1 Å². The molecule has 0 saturated carbocycles. The Morgan fingerprint density at radius 1 is 1.12 bits per heavy atom. The van der Waals surface area contributed by atoms with Crippen molar-refractivity contribution in [3.05, 3.63) is 64.7 Å². The number of carbonyl (C=O) groups is 2. The summed E-state index contributed by atoms with van der Waals surface area (Å²) in [7, 11) is -1.98. The van der Waals surface area contributed by atoms with Crippen LogP contribution in [0.5, 0.6) is 0 Å². The van der Waals surface area contributed by atoms with E-state index in [9.17, 15) is 18.0 Å². The molecule has 0 aliphatic carbocycles. The Labute approximate surface area is 195 Å².